The van der Waals surface area contributed by atoms with E-state index in [0.717, 1.165) is 26.0 Å². The van der Waals surface area contributed by atoms with E-state index in [9.17, 15) is 0 Å². The highest BCUT2D eigenvalue weighted by molar-refractivity contribution is 5.03. The number of nitrogens with zero attached hydrogens (tertiary/aromatic N) is 1. The second-order valence-electron chi connectivity index (χ2n) is 4.90. The summed E-state index contributed by atoms with van der Waals surface area (Å²) in [4.78, 5) is 0. The van der Waals surface area contributed by atoms with Crippen molar-refractivity contribution >= 4 is 0 Å². The molecule has 3 nitrogen and oxygen atoms in total. The molecule has 0 rings (SSSR count). The summed E-state index contributed by atoms with van der Waals surface area (Å²) >= 11 is 0. The highest BCUT2D eigenvalue weighted by atomic mass is 16.5. The predicted octanol–water partition coefficient (Wildman–Crippen LogP) is 2.72. The molecular weight excluding hydrogens is 200 g/mol. The average Bonchev–Trinajstić information content (AvgIpc) is 2.24. The van der Waals surface area contributed by atoms with E-state index in [4.69, 9.17) is 10.00 Å². The highest BCUT2D eigenvalue weighted by Gasteiger charge is 2.21. The first-order chi connectivity index (χ1) is 7.45. The topological polar surface area (TPSA) is 45.0 Å². The van der Waals surface area contributed by atoms with Crippen LogP contribution < -0.4 is 5.32 Å². The van der Waals surface area contributed by atoms with E-state index in [1.807, 2.05) is 13.8 Å². The maximum atomic E-state index is 9.06. The van der Waals surface area contributed by atoms with E-state index in [1.165, 1.54) is 0 Å². The molecule has 0 aromatic rings. The second kappa shape index (κ2) is 7.65. The molecule has 0 bridgehead atoms. The van der Waals surface area contributed by atoms with E-state index in [0.29, 0.717) is 12.0 Å². The Balaban J connectivity index is 3.76. The van der Waals surface area contributed by atoms with Crippen LogP contribution in [0.3, 0.4) is 0 Å². The zero-order valence-corrected chi connectivity index (χ0v) is 11.3. The molecule has 0 amide bonds. The van der Waals surface area contributed by atoms with Crippen LogP contribution in [0.4, 0.5) is 0 Å². The molecule has 0 aromatic carbocycles. The Labute approximate surface area is 100 Å². The van der Waals surface area contributed by atoms with Gasteiger partial charge >= 0.3 is 0 Å². The SMILES string of the molecule is CCNC(C)(C#N)CCCOC(C)C(C)C. The standard InChI is InChI=1S/C13H26N2O/c1-6-15-13(5,10-14)8-7-9-16-12(4)11(2)3/h11-12,15H,6-9H2,1-5H3. The Hall–Kier alpha value is -0.590. The fourth-order valence-electron chi connectivity index (χ4n) is 1.46. The Morgan fingerprint density at radius 1 is 1.38 bits per heavy atom. The van der Waals surface area contributed by atoms with Crippen LogP contribution in [0.2, 0.25) is 0 Å². The number of nitriles is 1. The van der Waals surface area contributed by atoms with Gasteiger partial charge in [0.25, 0.3) is 0 Å². The van der Waals surface area contributed by atoms with Crippen molar-refractivity contribution in [3.8, 4) is 6.07 Å². The maximum absolute atomic E-state index is 9.06. The van der Waals surface area contributed by atoms with Gasteiger partial charge in [0.05, 0.1) is 12.2 Å². The van der Waals surface area contributed by atoms with Gasteiger partial charge in [-0.15, -0.1) is 0 Å². The molecule has 0 radical (unpaired) electrons. The van der Waals surface area contributed by atoms with Crippen molar-refractivity contribution in [3.63, 3.8) is 0 Å². The van der Waals surface area contributed by atoms with Gasteiger partial charge in [-0.3, -0.25) is 5.32 Å². The largest absolute Gasteiger partial charge is 0.378 e. The minimum Gasteiger partial charge on any atom is -0.378 e. The zero-order valence-electron chi connectivity index (χ0n) is 11.3. The van der Waals surface area contributed by atoms with Gasteiger partial charge in [0.1, 0.15) is 5.54 Å². The summed E-state index contributed by atoms with van der Waals surface area (Å²) < 4.78 is 5.68. The smallest absolute Gasteiger partial charge is 0.104 e. The van der Waals surface area contributed by atoms with Crippen LogP contribution in [0.25, 0.3) is 0 Å². The van der Waals surface area contributed by atoms with Crippen LogP contribution >= 0.6 is 0 Å². The van der Waals surface area contributed by atoms with Crippen molar-refractivity contribution in [2.75, 3.05) is 13.2 Å². The molecule has 0 spiro atoms. The molecule has 16 heavy (non-hydrogen) atoms. The van der Waals surface area contributed by atoms with Crippen LogP contribution in [0.5, 0.6) is 0 Å². The minimum absolute atomic E-state index is 0.299. The summed E-state index contributed by atoms with van der Waals surface area (Å²) in [7, 11) is 0. The van der Waals surface area contributed by atoms with Gasteiger partial charge in [-0.05, 0) is 39.2 Å². The third kappa shape index (κ3) is 6.09. The Morgan fingerprint density at radius 2 is 2.00 bits per heavy atom. The van der Waals surface area contributed by atoms with Crippen LogP contribution in [-0.4, -0.2) is 24.8 Å². The van der Waals surface area contributed by atoms with Gasteiger partial charge in [-0.25, -0.2) is 0 Å². The van der Waals surface area contributed by atoms with Crippen LogP contribution in [0, 0.1) is 17.2 Å². The molecule has 0 aliphatic carbocycles. The van der Waals surface area contributed by atoms with Crippen LogP contribution in [0.1, 0.15) is 47.5 Å². The van der Waals surface area contributed by atoms with E-state index in [2.05, 4.69) is 32.2 Å². The van der Waals surface area contributed by atoms with Crippen LogP contribution in [-0.2, 0) is 4.74 Å². The van der Waals surface area contributed by atoms with Crippen molar-refractivity contribution in [1.82, 2.24) is 5.32 Å². The van der Waals surface area contributed by atoms with Crippen molar-refractivity contribution in [3.05, 3.63) is 0 Å². The molecule has 2 unspecified atom stereocenters. The lowest BCUT2D eigenvalue weighted by Gasteiger charge is -2.23. The summed E-state index contributed by atoms with van der Waals surface area (Å²) in [5, 5.41) is 12.3. The molecule has 0 aliphatic rings. The summed E-state index contributed by atoms with van der Waals surface area (Å²) in [6.45, 7) is 11.9. The van der Waals surface area contributed by atoms with E-state index < -0.39 is 5.54 Å². The molecule has 2 atom stereocenters. The molecule has 0 aliphatic heterocycles. The maximum Gasteiger partial charge on any atom is 0.104 e. The highest BCUT2D eigenvalue weighted by Crippen LogP contribution is 2.12. The molecule has 94 valence electrons. The third-order valence-electron chi connectivity index (χ3n) is 2.95. The lowest BCUT2D eigenvalue weighted by Crippen LogP contribution is -2.40. The van der Waals surface area contributed by atoms with Crippen molar-refractivity contribution in [2.24, 2.45) is 5.92 Å². The first kappa shape index (κ1) is 15.4. The van der Waals surface area contributed by atoms with Gasteiger partial charge in [-0.1, -0.05) is 20.8 Å². The molecule has 0 aromatic heterocycles. The first-order valence-corrected chi connectivity index (χ1v) is 6.23. The van der Waals surface area contributed by atoms with Gasteiger partial charge < -0.3 is 4.74 Å². The average molecular weight is 226 g/mol. The normalized spacial score (nSPS) is 16.8. The summed E-state index contributed by atoms with van der Waals surface area (Å²) in [5.41, 5.74) is -0.404. The lowest BCUT2D eigenvalue weighted by atomic mass is 9.98. The summed E-state index contributed by atoms with van der Waals surface area (Å²) in [6.07, 6.45) is 2.06. The molecule has 0 heterocycles. The fraction of sp³-hybridized carbons (Fsp3) is 0.923. The number of hydrogen-bond acceptors (Lipinski definition) is 3. The quantitative estimate of drug-likeness (QED) is 0.647. The number of ether oxygens (including phenoxy) is 1. The van der Waals surface area contributed by atoms with Crippen molar-refractivity contribution in [1.29, 1.82) is 5.26 Å². The zero-order chi connectivity index (χ0) is 12.6. The van der Waals surface area contributed by atoms with E-state index in [1.54, 1.807) is 0 Å². The Kier molecular flexibility index (Phi) is 7.36. The fourth-order valence-corrected chi connectivity index (χ4v) is 1.46. The van der Waals surface area contributed by atoms with Crippen molar-refractivity contribution in [2.45, 2.75) is 59.1 Å². The molecule has 0 saturated carbocycles. The molecule has 0 saturated heterocycles. The monoisotopic (exact) mass is 226 g/mol. The minimum atomic E-state index is -0.404. The van der Waals surface area contributed by atoms with Gasteiger partial charge in [-0.2, -0.15) is 5.26 Å². The lowest BCUT2D eigenvalue weighted by molar-refractivity contribution is 0.0316. The number of rotatable bonds is 8. The molecular formula is C13H26N2O. The molecule has 1 N–H and O–H groups in total. The van der Waals surface area contributed by atoms with E-state index in [-0.39, 0.29) is 0 Å². The number of hydrogen-bond donors (Lipinski definition) is 1. The van der Waals surface area contributed by atoms with Crippen LogP contribution in [0.15, 0.2) is 0 Å². The Bertz CT molecular complexity index is 222. The van der Waals surface area contributed by atoms with Gasteiger partial charge in [0.15, 0.2) is 0 Å². The number of nitrogens with one attached hydrogen (secondary N) is 1. The first-order valence-electron chi connectivity index (χ1n) is 6.23. The predicted molar refractivity (Wildman–Crippen MR) is 67.2 cm³/mol. The third-order valence-corrected chi connectivity index (χ3v) is 2.95. The van der Waals surface area contributed by atoms with Gasteiger partial charge in [0.2, 0.25) is 0 Å². The molecule has 3 heteroatoms. The van der Waals surface area contributed by atoms with E-state index >= 15 is 0 Å². The van der Waals surface area contributed by atoms with Crippen molar-refractivity contribution < 1.29 is 4.74 Å². The van der Waals surface area contributed by atoms with Gasteiger partial charge in [0, 0.05) is 6.61 Å². The second-order valence-corrected chi connectivity index (χ2v) is 4.90. The summed E-state index contributed by atoms with van der Waals surface area (Å²) in [6, 6.07) is 2.32. The Morgan fingerprint density at radius 3 is 2.44 bits per heavy atom. The summed E-state index contributed by atoms with van der Waals surface area (Å²) in [5.74, 6) is 0.552. The molecule has 0 fully saturated rings.